The maximum absolute atomic E-state index is 13.1. The summed E-state index contributed by atoms with van der Waals surface area (Å²) in [6.45, 7) is 8.91. The first-order chi connectivity index (χ1) is 13.7. The summed E-state index contributed by atoms with van der Waals surface area (Å²) in [5.74, 6) is -0.0993. The predicted octanol–water partition coefficient (Wildman–Crippen LogP) is 5.07. The fraction of sp³-hybridized carbons (Fsp3) is 0.480. The molecule has 1 aliphatic rings. The third kappa shape index (κ3) is 5.52. The Morgan fingerprint density at radius 2 is 1.62 bits per heavy atom. The van der Waals surface area contributed by atoms with Gasteiger partial charge in [-0.25, -0.2) is 4.39 Å². The van der Waals surface area contributed by atoms with E-state index in [1.54, 1.807) is 12.1 Å². The molecule has 0 saturated carbocycles. The van der Waals surface area contributed by atoms with Crippen LogP contribution in [0.25, 0.3) is 0 Å². The zero-order valence-electron chi connectivity index (χ0n) is 17.7. The van der Waals surface area contributed by atoms with Gasteiger partial charge in [0.2, 0.25) is 0 Å². The van der Waals surface area contributed by atoms with E-state index < -0.39 is 5.60 Å². The lowest BCUT2D eigenvalue weighted by Gasteiger charge is -2.38. The van der Waals surface area contributed by atoms with E-state index in [1.807, 2.05) is 24.3 Å². The zero-order chi connectivity index (χ0) is 21.1. The number of benzene rings is 2. The maximum atomic E-state index is 13.1. The molecule has 0 aromatic heterocycles. The van der Waals surface area contributed by atoms with Gasteiger partial charge < -0.3 is 10.0 Å². The molecule has 2 aromatic carbocycles. The molecule has 1 heterocycles. The Morgan fingerprint density at radius 1 is 1.03 bits per heavy atom. The van der Waals surface area contributed by atoms with Gasteiger partial charge in [-0.2, -0.15) is 0 Å². The van der Waals surface area contributed by atoms with Gasteiger partial charge in [0.15, 0.2) is 5.78 Å². The van der Waals surface area contributed by atoms with Crippen molar-refractivity contribution in [2.24, 2.45) is 0 Å². The lowest BCUT2D eigenvalue weighted by Crippen LogP contribution is -2.42. The Labute approximate surface area is 173 Å². The standard InChI is InChI=1S/C25H32FNO2/c1-24(2,3)20-8-6-19(7-9-20)23(28)5-4-16-27-17-14-25(29,15-18-27)21-10-12-22(26)13-11-21/h6-13,29H,4-5,14-18H2,1-3H3. The van der Waals surface area contributed by atoms with Gasteiger partial charge in [0.05, 0.1) is 5.60 Å². The Kier molecular flexibility index (Phi) is 6.55. The molecule has 2 aromatic rings. The molecule has 3 nitrogen and oxygen atoms in total. The second-order valence-corrected chi connectivity index (χ2v) is 9.23. The van der Waals surface area contributed by atoms with Crippen LogP contribution in [-0.2, 0) is 11.0 Å². The van der Waals surface area contributed by atoms with Crippen LogP contribution in [0.15, 0.2) is 48.5 Å². The first kappa shape index (κ1) is 21.7. The third-order valence-corrected chi connectivity index (χ3v) is 6.02. The van der Waals surface area contributed by atoms with Gasteiger partial charge in [-0.15, -0.1) is 0 Å². The Morgan fingerprint density at radius 3 is 2.17 bits per heavy atom. The summed E-state index contributed by atoms with van der Waals surface area (Å²) < 4.78 is 13.1. The lowest BCUT2D eigenvalue weighted by molar-refractivity contribution is -0.0260. The smallest absolute Gasteiger partial charge is 0.162 e. The average Bonchev–Trinajstić information content (AvgIpc) is 2.69. The van der Waals surface area contributed by atoms with E-state index in [1.165, 1.54) is 17.7 Å². The number of carbonyl (C=O) groups excluding carboxylic acids is 1. The first-order valence-corrected chi connectivity index (χ1v) is 10.5. The van der Waals surface area contributed by atoms with Gasteiger partial charge in [0, 0.05) is 25.1 Å². The number of ketones is 1. The third-order valence-electron chi connectivity index (χ3n) is 6.02. The Bertz CT molecular complexity index is 813. The zero-order valence-corrected chi connectivity index (χ0v) is 17.7. The van der Waals surface area contributed by atoms with Crippen molar-refractivity contribution in [3.8, 4) is 0 Å². The van der Waals surface area contributed by atoms with Crippen LogP contribution in [-0.4, -0.2) is 35.4 Å². The highest BCUT2D eigenvalue weighted by Crippen LogP contribution is 2.33. The monoisotopic (exact) mass is 397 g/mol. The van der Waals surface area contributed by atoms with E-state index in [2.05, 4.69) is 25.7 Å². The molecule has 0 spiro atoms. The summed E-state index contributed by atoms with van der Waals surface area (Å²) in [6, 6.07) is 14.1. The van der Waals surface area contributed by atoms with Crippen LogP contribution >= 0.6 is 0 Å². The van der Waals surface area contributed by atoms with Crippen LogP contribution in [0.3, 0.4) is 0 Å². The van der Waals surface area contributed by atoms with Gasteiger partial charge in [-0.1, -0.05) is 57.2 Å². The summed E-state index contributed by atoms with van der Waals surface area (Å²) in [6.07, 6.45) is 2.60. The second kappa shape index (κ2) is 8.76. The maximum Gasteiger partial charge on any atom is 0.162 e. The molecule has 4 heteroatoms. The summed E-state index contributed by atoms with van der Waals surface area (Å²) in [7, 11) is 0. The molecule has 3 rings (SSSR count). The molecule has 1 aliphatic heterocycles. The number of aliphatic hydroxyl groups is 1. The van der Waals surface area contributed by atoms with Crippen LogP contribution in [0.1, 0.15) is 67.9 Å². The second-order valence-electron chi connectivity index (χ2n) is 9.23. The molecule has 0 amide bonds. The minimum Gasteiger partial charge on any atom is -0.385 e. The van der Waals surface area contributed by atoms with Crippen molar-refractivity contribution in [1.82, 2.24) is 4.90 Å². The van der Waals surface area contributed by atoms with E-state index in [4.69, 9.17) is 0 Å². The summed E-state index contributed by atoms with van der Waals surface area (Å²) in [5, 5.41) is 10.9. The molecule has 29 heavy (non-hydrogen) atoms. The molecule has 0 bridgehead atoms. The highest BCUT2D eigenvalue weighted by Gasteiger charge is 2.33. The predicted molar refractivity (Wildman–Crippen MR) is 115 cm³/mol. The van der Waals surface area contributed by atoms with Crippen molar-refractivity contribution in [2.75, 3.05) is 19.6 Å². The molecule has 0 atom stereocenters. The van der Waals surface area contributed by atoms with Gasteiger partial charge >= 0.3 is 0 Å². The van der Waals surface area contributed by atoms with Crippen molar-refractivity contribution in [2.45, 2.75) is 57.5 Å². The largest absolute Gasteiger partial charge is 0.385 e. The van der Waals surface area contributed by atoms with Crippen LogP contribution in [0.2, 0.25) is 0 Å². The number of likely N-dealkylation sites (tertiary alicyclic amines) is 1. The first-order valence-electron chi connectivity index (χ1n) is 10.5. The lowest BCUT2D eigenvalue weighted by atomic mass is 9.84. The molecule has 0 aliphatic carbocycles. The normalized spacial score (nSPS) is 17.3. The highest BCUT2D eigenvalue weighted by molar-refractivity contribution is 5.96. The van der Waals surface area contributed by atoms with E-state index >= 15 is 0 Å². The molecular weight excluding hydrogens is 365 g/mol. The molecule has 1 fully saturated rings. The number of halogens is 1. The molecular formula is C25H32FNO2. The van der Waals surface area contributed by atoms with Gasteiger partial charge in [-0.05, 0) is 54.5 Å². The number of piperidine rings is 1. The van der Waals surface area contributed by atoms with Crippen molar-refractivity contribution in [3.05, 3.63) is 71.0 Å². The van der Waals surface area contributed by atoms with E-state index in [0.717, 1.165) is 37.2 Å². The average molecular weight is 398 g/mol. The summed E-state index contributed by atoms with van der Waals surface area (Å²) in [4.78, 5) is 14.8. The van der Waals surface area contributed by atoms with Crippen molar-refractivity contribution >= 4 is 5.78 Å². The fourth-order valence-corrected chi connectivity index (χ4v) is 3.96. The van der Waals surface area contributed by atoms with Crippen LogP contribution < -0.4 is 0 Å². The van der Waals surface area contributed by atoms with E-state index in [0.29, 0.717) is 19.3 Å². The van der Waals surface area contributed by atoms with Crippen molar-refractivity contribution in [3.63, 3.8) is 0 Å². The minimum atomic E-state index is -0.880. The molecule has 1 N–H and O–H groups in total. The van der Waals surface area contributed by atoms with Crippen molar-refractivity contribution in [1.29, 1.82) is 0 Å². The minimum absolute atomic E-state index is 0.0890. The SMILES string of the molecule is CC(C)(C)c1ccc(C(=O)CCCN2CCC(O)(c3ccc(F)cc3)CC2)cc1. The van der Waals surface area contributed by atoms with Gasteiger partial charge in [0.1, 0.15) is 5.82 Å². The summed E-state index contributed by atoms with van der Waals surface area (Å²) in [5.41, 5.74) is 2.01. The van der Waals surface area contributed by atoms with Crippen LogP contribution in [0, 0.1) is 5.82 Å². The Hall–Kier alpha value is -2.04. The number of hydrogen-bond donors (Lipinski definition) is 1. The van der Waals surface area contributed by atoms with Crippen molar-refractivity contribution < 1.29 is 14.3 Å². The summed E-state index contributed by atoms with van der Waals surface area (Å²) >= 11 is 0. The van der Waals surface area contributed by atoms with E-state index in [9.17, 15) is 14.3 Å². The number of nitrogens with zero attached hydrogens (tertiary/aromatic N) is 1. The topological polar surface area (TPSA) is 40.5 Å². The quantitative estimate of drug-likeness (QED) is 0.692. The van der Waals surface area contributed by atoms with Gasteiger partial charge in [-0.3, -0.25) is 4.79 Å². The van der Waals surface area contributed by atoms with Crippen LogP contribution in [0.5, 0.6) is 0 Å². The highest BCUT2D eigenvalue weighted by atomic mass is 19.1. The molecule has 0 unspecified atom stereocenters. The Balaban J connectivity index is 1.45. The van der Waals surface area contributed by atoms with Crippen LogP contribution in [0.4, 0.5) is 4.39 Å². The van der Waals surface area contributed by atoms with E-state index in [-0.39, 0.29) is 17.0 Å². The fourth-order valence-electron chi connectivity index (χ4n) is 3.96. The number of hydrogen-bond acceptors (Lipinski definition) is 3. The number of rotatable bonds is 6. The number of carbonyl (C=O) groups is 1. The molecule has 1 saturated heterocycles. The molecule has 156 valence electrons. The number of Topliss-reactive ketones (excluding diaryl/α,β-unsaturated/α-hetero) is 1. The van der Waals surface area contributed by atoms with Gasteiger partial charge in [0.25, 0.3) is 0 Å². The molecule has 0 radical (unpaired) electrons.